The minimum absolute atomic E-state index is 0.00420. The lowest BCUT2D eigenvalue weighted by Crippen LogP contribution is -2.51. The molecular formula is C19H29N3O3. The van der Waals surface area contributed by atoms with Gasteiger partial charge >= 0.3 is 0 Å². The minimum atomic E-state index is -0.00420. The summed E-state index contributed by atoms with van der Waals surface area (Å²) in [6.45, 7) is 7.66. The summed E-state index contributed by atoms with van der Waals surface area (Å²) in [7, 11) is 1.91. The number of ether oxygens (including phenoxy) is 2. The number of carbonyl (C=O) groups is 1. The number of nitrogens with zero attached hydrogens (tertiary/aromatic N) is 3. The molecule has 6 nitrogen and oxygen atoms in total. The topological polar surface area (TPSA) is 56.6 Å². The van der Waals surface area contributed by atoms with E-state index < -0.39 is 0 Å². The number of hydrogen-bond acceptors (Lipinski definition) is 4. The Balaban J connectivity index is 1.40. The van der Waals surface area contributed by atoms with Crippen LogP contribution in [0.4, 0.5) is 0 Å². The van der Waals surface area contributed by atoms with E-state index in [1.807, 2.05) is 23.6 Å². The molecule has 0 aromatic carbocycles. The van der Waals surface area contributed by atoms with Crippen molar-refractivity contribution in [3.05, 3.63) is 17.0 Å². The highest BCUT2D eigenvalue weighted by Crippen LogP contribution is 2.34. The monoisotopic (exact) mass is 347 g/mol. The van der Waals surface area contributed by atoms with Gasteiger partial charge in [-0.15, -0.1) is 0 Å². The predicted molar refractivity (Wildman–Crippen MR) is 93.4 cm³/mol. The highest BCUT2D eigenvalue weighted by atomic mass is 16.5. The van der Waals surface area contributed by atoms with Crippen LogP contribution in [-0.4, -0.2) is 53.0 Å². The third-order valence-corrected chi connectivity index (χ3v) is 5.96. The van der Waals surface area contributed by atoms with Crippen molar-refractivity contribution >= 4 is 5.91 Å². The van der Waals surface area contributed by atoms with Gasteiger partial charge in [0.1, 0.15) is 0 Å². The van der Waals surface area contributed by atoms with Crippen LogP contribution in [0.25, 0.3) is 0 Å². The lowest BCUT2D eigenvalue weighted by Gasteiger charge is -2.41. The standard InChI is InChI=1S/C19H29N3O3/c1-12-8-16-17(20-21(3)18(16)13(2)25-12)19(23)22-10-15(11-22)9-14-4-6-24-7-5-14/h12-15H,4-11H2,1-3H3/t12-,13+/m1/s1. The molecule has 1 aromatic rings. The summed E-state index contributed by atoms with van der Waals surface area (Å²) in [6.07, 6.45) is 4.48. The lowest BCUT2D eigenvalue weighted by molar-refractivity contribution is -0.00916. The fraction of sp³-hybridized carbons (Fsp3) is 0.789. The van der Waals surface area contributed by atoms with Gasteiger partial charge in [-0.05, 0) is 44.9 Å². The Labute approximate surface area is 149 Å². The molecular weight excluding hydrogens is 318 g/mol. The van der Waals surface area contributed by atoms with Crippen LogP contribution in [0.2, 0.25) is 0 Å². The van der Waals surface area contributed by atoms with Crippen LogP contribution in [0.15, 0.2) is 0 Å². The second-order valence-corrected chi connectivity index (χ2v) is 8.00. The molecule has 0 aliphatic carbocycles. The molecule has 0 saturated carbocycles. The third-order valence-electron chi connectivity index (χ3n) is 5.96. The number of fused-ring (bicyclic) bond motifs is 1. The van der Waals surface area contributed by atoms with E-state index in [1.165, 1.54) is 19.3 Å². The highest BCUT2D eigenvalue weighted by Gasteiger charge is 2.37. The largest absolute Gasteiger partial charge is 0.381 e. The molecule has 0 radical (unpaired) electrons. The molecule has 6 heteroatoms. The Morgan fingerprint density at radius 1 is 1.20 bits per heavy atom. The third kappa shape index (κ3) is 3.22. The van der Waals surface area contributed by atoms with Crippen LogP contribution in [0.5, 0.6) is 0 Å². The first kappa shape index (κ1) is 17.0. The van der Waals surface area contributed by atoms with Gasteiger partial charge in [-0.3, -0.25) is 9.48 Å². The molecule has 138 valence electrons. The molecule has 2 fully saturated rings. The molecule has 25 heavy (non-hydrogen) atoms. The lowest BCUT2D eigenvalue weighted by atomic mass is 9.84. The molecule has 3 aliphatic heterocycles. The molecule has 1 amide bonds. The Morgan fingerprint density at radius 3 is 2.64 bits per heavy atom. The van der Waals surface area contributed by atoms with Crippen molar-refractivity contribution in [2.45, 2.75) is 51.7 Å². The van der Waals surface area contributed by atoms with Gasteiger partial charge in [0.25, 0.3) is 5.91 Å². The van der Waals surface area contributed by atoms with Gasteiger partial charge in [0.15, 0.2) is 5.69 Å². The highest BCUT2D eigenvalue weighted by molar-refractivity contribution is 5.94. The average molecular weight is 347 g/mol. The molecule has 0 N–H and O–H groups in total. The fourth-order valence-electron chi connectivity index (χ4n) is 4.70. The van der Waals surface area contributed by atoms with Crippen LogP contribution < -0.4 is 0 Å². The average Bonchev–Trinajstić information content (AvgIpc) is 2.88. The van der Waals surface area contributed by atoms with Gasteiger partial charge in [0.2, 0.25) is 0 Å². The number of hydrogen-bond donors (Lipinski definition) is 0. The van der Waals surface area contributed by atoms with Crippen LogP contribution in [0.3, 0.4) is 0 Å². The van der Waals surface area contributed by atoms with Crippen LogP contribution in [-0.2, 0) is 22.9 Å². The van der Waals surface area contributed by atoms with Gasteiger partial charge in [-0.2, -0.15) is 5.10 Å². The minimum Gasteiger partial charge on any atom is -0.381 e. The van der Waals surface area contributed by atoms with Crippen molar-refractivity contribution < 1.29 is 14.3 Å². The Hall–Kier alpha value is -1.40. The summed E-state index contributed by atoms with van der Waals surface area (Å²) < 4.78 is 13.2. The molecule has 2 saturated heterocycles. The maximum Gasteiger partial charge on any atom is 0.274 e. The molecule has 3 aliphatic rings. The number of amides is 1. The smallest absolute Gasteiger partial charge is 0.274 e. The molecule has 2 atom stereocenters. The Morgan fingerprint density at radius 2 is 1.92 bits per heavy atom. The van der Waals surface area contributed by atoms with E-state index in [0.717, 1.165) is 49.9 Å². The first-order chi connectivity index (χ1) is 12.0. The normalized spacial score (nSPS) is 27.9. The zero-order valence-electron chi connectivity index (χ0n) is 15.5. The summed E-state index contributed by atoms with van der Waals surface area (Å²) in [6, 6.07) is 0. The van der Waals surface area contributed by atoms with Gasteiger partial charge in [-0.25, -0.2) is 0 Å². The molecule has 1 aromatic heterocycles. The maximum atomic E-state index is 13.0. The summed E-state index contributed by atoms with van der Waals surface area (Å²) >= 11 is 0. The zero-order valence-corrected chi connectivity index (χ0v) is 15.5. The summed E-state index contributed by atoms with van der Waals surface area (Å²) in [4.78, 5) is 14.9. The number of aromatic nitrogens is 2. The quantitative estimate of drug-likeness (QED) is 0.842. The van der Waals surface area contributed by atoms with Crippen molar-refractivity contribution in [3.63, 3.8) is 0 Å². The van der Waals surface area contributed by atoms with Crippen molar-refractivity contribution in [2.75, 3.05) is 26.3 Å². The van der Waals surface area contributed by atoms with Crippen LogP contribution in [0.1, 0.15) is 61.0 Å². The van der Waals surface area contributed by atoms with E-state index in [-0.39, 0.29) is 18.1 Å². The number of likely N-dealkylation sites (tertiary alicyclic amines) is 1. The number of rotatable bonds is 3. The molecule has 0 bridgehead atoms. The Bertz CT molecular complexity index is 645. The zero-order chi connectivity index (χ0) is 17.6. The summed E-state index contributed by atoms with van der Waals surface area (Å²) in [5, 5.41) is 4.55. The van der Waals surface area contributed by atoms with Crippen molar-refractivity contribution in [3.8, 4) is 0 Å². The van der Waals surface area contributed by atoms with Crippen molar-refractivity contribution in [1.29, 1.82) is 0 Å². The van der Waals surface area contributed by atoms with E-state index in [4.69, 9.17) is 9.47 Å². The summed E-state index contributed by atoms with van der Waals surface area (Å²) in [5.41, 5.74) is 2.79. The van der Waals surface area contributed by atoms with Gasteiger partial charge in [0, 0.05) is 45.3 Å². The van der Waals surface area contributed by atoms with E-state index >= 15 is 0 Å². The van der Waals surface area contributed by atoms with E-state index in [9.17, 15) is 4.79 Å². The number of carbonyl (C=O) groups excluding carboxylic acids is 1. The molecule has 4 heterocycles. The first-order valence-corrected chi connectivity index (χ1v) is 9.61. The second kappa shape index (κ2) is 6.72. The Kier molecular flexibility index (Phi) is 4.58. The fourth-order valence-corrected chi connectivity index (χ4v) is 4.70. The first-order valence-electron chi connectivity index (χ1n) is 9.61. The predicted octanol–water partition coefficient (Wildman–Crippen LogP) is 2.33. The SMILES string of the molecule is C[C@@H]1Cc2c(C(=O)N3CC(CC4CCOCC4)C3)nn(C)c2[C@H](C)O1. The van der Waals surface area contributed by atoms with Crippen LogP contribution >= 0.6 is 0 Å². The van der Waals surface area contributed by atoms with Gasteiger partial charge in [-0.1, -0.05) is 0 Å². The molecule has 0 unspecified atom stereocenters. The summed E-state index contributed by atoms with van der Waals surface area (Å²) in [5.74, 6) is 1.52. The van der Waals surface area contributed by atoms with E-state index in [1.54, 1.807) is 0 Å². The van der Waals surface area contributed by atoms with Gasteiger partial charge in [0.05, 0.1) is 17.9 Å². The maximum absolute atomic E-state index is 13.0. The van der Waals surface area contributed by atoms with E-state index in [2.05, 4.69) is 12.0 Å². The van der Waals surface area contributed by atoms with E-state index in [0.29, 0.717) is 11.6 Å². The second-order valence-electron chi connectivity index (χ2n) is 8.00. The molecule has 0 spiro atoms. The number of aryl methyl sites for hydroxylation is 1. The van der Waals surface area contributed by atoms with Crippen LogP contribution in [0, 0.1) is 11.8 Å². The van der Waals surface area contributed by atoms with Crippen molar-refractivity contribution in [2.24, 2.45) is 18.9 Å². The molecule has 4 rings (SSSR count). The van der Waals surface area contributed by atoms with Crippen molar-refractivity contribution in [1.82, 2.24) is 14.7 Å². The van der Waals surface area contributed by atoms with Gasteiger partial charge < -0.3 is 14.4 Å².